The average molecular weight is 176 g/mol. The molecule has 1 aliphatic rings. The minimum atomic E-state index is -0.620. The maximum atomic E-state index is 12.5. The molecule has 0 saturated carbocycles. The predicted molar refractivity (Wildman–Crippen MR) is 51.2 cm³/mol. The number of rotatable bonds is 2. The molecular formula is C9H21FN2. The van der Waals surface area contributed by atoms with Crippen molar-refractivity contribution in [2.75, 3.05) is 27.2 Å². The fourth-order valence-electron chi connectivity index (χ4n) is 1.35. The summed E-state index contributed by atoms with van der Waals surface area (Å²) in [6, 6.07) is 0.366. The van der Waals surface area contributed by atoms with Crippen LogP contribution in [0.1, 0.15) is 20.3 Å². The van der Waals surface area contributed by atoms with Crippen LogP contribution in [0.3, 0.4) is 0 Å². The third-order valence-electron chi connectivity index (χ3n) is 1.75. The molecule has 74 valence electrons. The second-order valence-corrected chi connectivity index (χ2v) is 3.20. The number of hydrogen-bond donors (Lipinski definition) is 1. The number of hydrogen-bond acceptors (Lipinski definition) is 2. The van der Waals surface area contributed by atoms with E-state index in [4.69, 9.17) is 0 Å². The monoisotopic (exact) mass is 176 g/mol. The fraction of sp³-hybridized carbons (Fsp3) is 1.00. The lowest BCUT2D eigenvalue weighted by Crippen LogP contribution is -2.33. The van der Waals surface area contributed by atoms with Crippen LogP contribution in [-0.4, -0.2) is 44.3 Å². The predicted octanol–water partition coefficient (Wildman–Crippen LogP) is 1.27. The molecule has 1 fully saturated rings. The number of halogens is 1. The van der Waals surface area contributed by atoms with Gasteiger partial charge < -0.3 is 10.2 Å². The van der Waals surface area contributed by atoms with Gasteiger partial charge >= 0.3 is 0 Å². The molecule has 2 atom stereocenters. The molecule has 0 aromatic rings. The van der Waals surface area contributed by atoms with E-state index in [2.05, 4.69) is 10.2 Å². The summed E-state index contributed by atoms with van der Waals surface area (Å²) < 4.78 is 12.5. The summed E-state index contributed by atoms with van der Waals surface area (Å²) in [5.41, 5.74) is 0. The molecule has 0 aromatic heterocycles. The first-order chi connectivity index (χ1) is 5.68. The van der Waals surface area contributed by atoms with Crippen molar-refractivity contribution in [1.29, 1.82) is 0 Å². The van der Waals surface area contributed by atoms with E-state index in [0.29, 0.717) is 19.0 Å². The maximum absolute atomic E-state index is 12.5. The van der Waals surface area contributed by atoms with Gasteiger partial charge in [0.1, 0.15) is 6.17 Å². The van der Waals surface area contributed by atoms with Crippen LogP contribution in [0.5, 0.6) is 0 Å². The summed E-state index contributed by atoms with van der Waals surface area (Å²) in [6.45, 7) is 5.49. The van der Waals surface area contributed by atoms with Crippen LogP contribution >= 0.6 is 0 Å². The first-order valence-corrected chi connectivity index (χ1v) is 4.70. The Bertz CT molecular complexity index is 107. The number of nitrogens with zero attached hydrogens (tertiary/aromatic N) is 1. The lowest BCUT2D eigenvalue weighted by Gasteiger charge is -2.15. The van der Waals surface area contributed by atoms with Gasteiger partial charge in [0.2, 0.25) is 0 Å². The van der Waals surface area contributed by atoms with Crippen molar-refractivity contribution in [3.05, 3.63) is 0 Å². The van der Waals surface area contributed by atoms with Crippen molar-refractivity contribution in [1.82, 2.24) is 10.2 Å². The van der Waals surface area contributed by atoms with Crippen LogP contribution in [0.15, 0.2) is 0 Å². The molecule has 0 aliphatic carbocycles. The third kappa shape index (κ3) is 4.67. The van der Waals surface area contributed by atoms with Crippen LogP contribution < -0.4 is 5.32 Å². The van der Waals surface area contributed by atoms with Gasteiger partial charge in [0, 0.05) is 19.1 Å². The SMILES string of the molecule is CC.CN(C)C[C@@H]1CC(F)CN1. The molecule has 3 heteroatoms. The normalized spacial score (nSPS) is 28.5. The van der Waals surface area contributed by atoms with Crippen LogP contribution in [0.2, 0.25) is 0 Å². The van der Waals surface area contributed by atoms with E-state index in [1.165, 1.54) is 0 Å². The Kier molecular flexibility index (Phi) is 6.30. The van der Waals surface area contributed by atoms with Gasteiger partial charge in [0.15, 0.2) is 0 Å². The highest BCUT2D eigenvalue weighted by atomic mass is 19.1. The zero-order valence-corrected chi connectivity index (χ0v) is 8.60. The maximum Gasteiger partial charge on any atom is 0.114 e. The fourth-order valence-corrected chi connectivity index (χ4v) is 1.35. The van der Waals surface area contributed by atoms with Crippen molar-refractivity contribution in [3.63, 3.8) is 0 Å². The standard InChI is InChI=1S/C7H15FN2.C2H6/c1-10(2)5-7-3-6(8)4-9-7;1-2/h6-7,9H,3-5H2,1-2H3;1-2H3/t6?,7-;/m0./s1. The molecule has 1 unspecified atom stereocenters. The van der Waals surface area contributed by atoms with Crippen LogP contribution in [0, 0.1) is 0 Å². The summed E-state index contributed by atoms with van der Waals surface area (Å²) in [4.78, 5) is 2.08. The lowest BCUT2D eigenvalue weighted by molar-refractivity contribution is 0.328. The first kappa shape index (κ1) is 11.8. The molecule has 1 saturated heterocycles. The van der Waals surface area contributed by atoms with E-state index in [0.717, 1.165) is 6.54 Å². The van der Waals surface area contributed by atoms with E-state index in [1.54, 1.807) is 0 Å². The van der Waals surface area contributed by atoms with E-state index in [1.807, 2.05) is 27.9 Å². The highest BCUT2D eigenvalue weighted by Crippen LogP contribution is 2.09. The largest absolute Gasteiger partial charge is 0.310 e. The molecule has 2 nitrogen and oxygen atoms in total. The third-order valence-corrected chi connectivity index (χ3v) is 1.75. The Morgan fingerprint density at radius 2 is 2.00 bits per heavy atom. The molecule has 0 spiro atoms. The highest BCUT2D eigenvalue weighted by molar-refractivity contribution is 4.82. The van der Waals surface area contributed by atoms with Gasteiger partial charge in [-0.3, -0.25) is 0 Å². The van der Waals surface area contributed by atoms with Crippen LogP contribution in [0.25, 0.3) is 0 Å². The Balaban J connectivity index is 0.000000561. The van der Waals surface area contributed by atoms with Gasteiger partial charge in [-0.15, -0.1) is 0 Å². The molecule has 0 radical (unpaired) electrons. The van der Waals surface area contributed by atoms with Gasteiger partial charge in [0.25, 0.3) is 0 Å². The van der Waals surface area contributed by atoms with Crippen LogP contribution in [-0.2, 0) is 0 Å². The second-order valence-electron chi connectivity index (χ2n) is 3.20. The topological polar surface area (TPSA) is 15.3 Å². The molecule has 0 aromatic carbocycles. The molecular weight excluding hydrogens is 155 g/mol. The Morgan fingerprint density at radius 3 is 2.33 bits per heavy atom. The van der Waals surface area contributed by atoms with Gasteiger partial charge in [-0.2, -0.15) is 0 Å². The molecule has 0 bridgehead atoms. The van der Waals surface area contributed by atoms with Crippen molar-refractivity contribution in [3.8, 4) is 0 Å². The average Bonchev–Trinajstić information content (AvgIpc) is 2.39. The number of alkyl halides is 1. The van der Waals surface area contributed by atoms with Crippen molar-refractivity contribution in [2.45, 2.75) is 32.5 Å². The van der Waals surface area contributed by atoms with E-state index >= 15 is 0 Å². The zero-order valence-electron chi connectivity index (χ0n) is 8.60. The summed E-state index contributed by atoms with van der Waals surface area (Å²) in [6.07, 6.45) is 0.0583. The second kappa shape index (κ2) is 6.38. The Morgan fingerprint density at radius 1 is 1.42 bits per heavy atom. The van der Waals surface area contributed by atoms with E-state index in [-0.39, 0.29) is 0 Å². The van der Waals surface area contributed by atoms with Gasteiger partial charge in [-0.05, 0) is 20.5 Å². The molecule has 1 N–H and O–H groups in total. The molecule has 0 amide bonds. The summed E-state index contributed by atoms with van der Waals surface area (Å²) in [7, 11) is 4.01. The summed E-state index contributed by atoms with van der Waals surface area (Å²) >= 11 is 0. The molecule has 1 aliphatic heterocycles. The van der Waals surface area contributed by atoms with Gasteiger partial charge in [0.05, 0.1) is 0 Å². The van der Waals surface area contributed by atoms with Crippen molar-refractivity contribution < 1.29 is 4.39 Å². The van der Waals surface area contributed by atoms with E-state index in [9.17, 15) is 4.39 Å². The van der Waals surface area contributed by atoms with Gasteiger partial charge in [-0.1, -0.05) is 13.8 Å². The molecule has 1 rings (SSSR count). The number of likely N-dealkylation sites (N-methyl/N-ethyl adjacent to an activating group) is 1. The van der Waals surface area contributed by atoms with Crippen molar-refractivity contribution in [2.24, 2.45) is 0 Å². The summed E-state index contributed by atoms with van der Waals surface area (Å²) in [5.74, 6) is 0. The highest BCUT2D eigenvalue weighted by Gasteiger charge is 2.23. The Labute approximate surface area is 75.1 Å². The van der Waals surface area contributed by atoms with E-state index < -0.39 is 6.17 Å². The first-order valence-electron chi connectivity index (χ1n) is 4.70. The van der Waals surface area contributed by atoms with Crippen LogP contribution in [0.4, 0.5) is 4.39 Å². The smallest absolute Gasteiger partial charge is 0.114 e. The minimum Gasteiger partial charge on any atom is -0.310 e. The number of nitrogens with one attached hydrogen (secondary N) is 1. The Hall–Kier alpha value is -0.150. The molecule has 1 heterocycles. The zero-order chi connectivity index (χ0) is 9.56. The molecule has 12 heavy (non-hydrogen) atoms. The minimum absolute atomic E-state index is 0.366. The quantitative estimate of drug-likeness (QED) is 0.681. The van der Waals surface area contributed by atoms with Gasteiger partial charge in [-0.25, -0.2) is 4.39 Å². The summed E-state index contributed by atoms with van der Waals surface area (Å²) in [5, 5.41) is 3.12. The van der Waals surface area contributed by atoms with Crippen molar-refractivity contribution >= 4 is 0 Å². The lowest BCUT2D eigenvalue weighted by atomic mass is 10.2.